The second kappa shape index (κ2) is 10.2. The lowest BCUT2D eigenvalue weighted by molar-refractivity contribution is -0.152. The lowest BCUT2D eigenvalue weighted by Crippen LogP contribution is -2.22. The molecule has 1 saturated heterocycles. The van der Waals surface area contributed by atoms with Crippen LogP contribution in [0.5, 0.6) is 0 Å². The van der Waals surface area contributed by atoms with Crippen molar-refractivity contribution in [3.05, 3.63) is 0 Å². The molecule has 0 aliphatic carbocycles. The van der Waals surface area contributed by atoms with E-state index in [4.69, 9.17) is 4.74 Å². The molecule has 1 N–H and O–H groups in total. The Morgan fingerprint density at radius 2 is 1.74 bits per heavy atom. The molecular formula is C16H30O3. The molecule has 1 aliphatic rings. The van der Waals surface area contributed by atoms with Crippen LogP contribution < -0.4 is 0 Å². The Kier molecular flexibility index (Phi) is 8.89. The summed E-state index contributed by atoms with van der Waals surface area (Å²) in [4.78, 5) is 11.8. The van der Waals surface area contributed by atoms with Gasteiger partial charge in [0.1, 0.15) is 6.10 Å². The van der Waals surface area contributed by atoms with Gasteiger partial charge in [-0.15, -0.1) is 0 Å². The lowest BCUT2D eigenvalue weighted by atomic mass is 10.0. The van der Waals surface area contributed by atoms with Crippen molar-refractivity contribution in [2.45, 2.75) is 96.2 Å². The van der Waals surface area contributed by atoms with Crippen LogP contribution in [0.4, 0.5) is 0 Å². The summed E-state index contributed by atoms with van der Waals surface area (Å²) >= 11 is 0. The van der Waals surface area contributed by atoms with E-state index in [1.165, 1.54) is 25.7 Å². The molecule has 1 heterocycles. The first-order valence-electron chi connectivity index (χ1n) is 8.10. The number of unbranched alkanes of at least 4 members (excludes halogenated alkanes) is 1. The highest BCUT2D eigenvalue weighted by Crippen LogP contribution is 2.18. The van der Waals surface area contributed by atoms with Gasteiger partial charge in [-0.1, -0.05) is 51.9 Å². The van der Waals surface area contributed by atoms with E-state index in [0.29, 0.717) is 0 Å². The molecule has 0 aromatic rings. The van der Waals surface area contributed by atoms with Crippen LogP contribution in [0.2, 0.25) is 0 Å². The minimum Gasteiger partial charge on any atom is -0.462 e. The van der Waals surface area contributed by atoms with Gasteiger partial charge in [-0.05, 0) is 25.7 Å². The molecule has 1 rings (SSSR count). The first-order valence-corrected chi connectivity index (χ1v) is 8.10. The number of rotatable bonds is 3. The molecule has 0 aromatic heterocycles. The largest absolute Gasteiger partial charge is 0.462 e. The highest BCUT2D eigenvalue weighted by atomic mass is 16.5. The molecule has 0 aromatic carbocycles. The molecule has 0 spiro atoms. The van der Waals surface area contributed by atoms with Crippen LogP contribution in [0.25, 0.3) is 0 Å². The zero-order chi connectivity index (χ0) is 13.9. The van der Waals surface area contributed by atoms with Crippen molar-refractivity contribution >= 4 is 5.97 Å². The Morgan fingerprint density at radius 1 is 1.11 bits per heavy atom. The van der Waals surface area contributed by atoms with Crippen molar-refractivity contribution in [2.75, 3.05) is 0 Å². The van der Waals surface area contributed by atoms with Gasteiger partial charge < -0.3 is 9.84 Å². The number of hydrogen-bond donors (Lipinski definition) is 1. The normalized spacial score (nSPS) is 27.8. The Balaban J connectivity index is 2.44. The summed E-state index contributed by atoms with van der Waals surface area (Å²) in [7, 11) is 0. The molecule has 0 bridgehead atoms. The second-order valence-electron chi connectivity index (χ2n) is 5.81. The first-order chi connectivity index (χ1) is 9.22. The van der Waals surface area contributed by atoms with Gasteiger partial charge in [0.2, 0.25) is 0 Å². The smallest absolute Gasteiger partial charge is 0.308 e. The number of aliphatic hydroxyl groups is 1. The lowest BCUT2D eigenvalue weighted by Gasteiger charge is -2.18. The molecule has 0 radical (unpaired) electrons. The van der Waals surface area contributed by atoms with Crippen molar-refractivity contribution in [1.29, 1.82) is 0 Å². The molecule has 1 unspecified atom stereocenters. The summed E-state index contributed by atoms with van der Waals surface area (Å²) < 4.78 is 5.54. The SMILES string of the molecule is CCCCC1CCCCCCCC[C@H](O)CC(=O)O1. The van der Waals surface area contributed by atoms with Crippen LogP contribution in [0.3, 0.4) is 0 Å². The van der Waals surface area contributed by atoms with E-state index in [1.807, 2.05) is 0 Å². The molecule has 0 amide bonds. The monoisotopic (exact) mass is 270 g/mol. The maximum Gasteiger partial charge on any atom is 0.308 e. The van der Waals surface area contributed by atoms with Gasteiger partial charge in [0.25, 0.3) is 0 Å². The minimum atomic E-state index is -0.514. The highest BCUT2D eigenvalue weighted by molar-refractivity contribution is 5.70. The van der Waals surface area contributed by atoms with Crippen LogP contribution in [0, 0.1) is 0 Å². The van der Waals surface area contributed by atoms with E-state index in [-0.39, 0.29) is 18.5 Å². The van der Waals surface area contributed by atoms with Crippen molar-refractivity contribution < 1.29 is 14.6 Å². The highest BCUT2D eigenvalue weighted by Gasteiger charge is 2.17. The molecule has 2 atom stereocenters. The minimum absolute atomic E-state index is 0.0698. The molecule has 3 heteroatoms. The van der Waals surface area contributed by atoms with Gasteiger partial charge >= 0.3 is 5.97 Å². The fourth-order valence-corrected chi connectivity index (χ4v) is 2.68. The van der Waals surface area contributed by atoms with Crippen LogP contribution in [0.15, 0.2) is 0 Å². The number of carbonyl (C=O) groups excluding carboxylic acids is 1. The van der Waals surface area contributed by atoms with E-state index >= 15 is 0 Å². The summed E-state index contributed by atoms with van der Waals surface area (Å²) in [6.45, 7) is 2.16. The third-order valence-electron chi connectivity index (χ3n) is 3.89. The van der Waals surface area contributed by atoms with Gasteiger partial charge in [0, 0.05) is 0 Å². The molecule has 3 nitrogen and oxygen atoms in total. The van der Waals surface area contributed by atoms with Gasteiger partial charge in [-0.3, -0.25) is 4.79 Å². The number of hydrogen-bond acceptors (Lipinski definition) is 3. The fraction of sp³-hybridized carbons (Fsp3) is 0.938. The van der Waals surface area contributed by atoms with E-state index in [1.54, 1.807) is 0 Å². The van der Waals surface area contributed by atoms with Crippen molar-refractivity contribution in [2.24, 2.45) is 0 Å². The standard InChI is InChI=1S/C16H30O3/c1-2-3-11-15-12-9-7-5-4-6-8-10-14(17)13-16(18)19-15/h14-15,17H,2-13H2,1H3/t14-,15?/m0/s1. The van der Waals surface area contributed by atoms with Crippen molar-refractivity contribution in [3.8, 4) is 0 Å². The average Bonchev–Trinajstić information content (AvgIpc) is 2.38. The van der Waals surface area contributed by atoms with Gasteiger partial charge in [0.05, 0.1) is 12.5 Å². The third kappa shape index (κ3) is 8.25. The number of aliphatic hydroxyl groups excluding tert-OH is 1. The third-order valence-corrected chi connectivity index (χ3v) is 3.89. The Bertz CT molecular complexity index is 240. The number of ether oxygens (including phenoxy) is 1. The van der Waals surface area contributed by atoms with Gasteiger partial charge in [-0.25, -0.2) is 0 Å². The summed E-state index contributed by atoms with van der Waals surface area (Å²) in [5, 5.41) is 9.80. The average molecular weight is 270 g/mol. The number of cyclic esters (lactones) is 1. The quantitative estimate of drug-likeness (QED) is 0.789. The van der Waals surface area contributed by atoms with E-state index < -0.39 is 6.10 Å². The van der Waals surface area contributed by atoms with Crippen LogP contribution in [-0.2, 0) is 9.53 Å². The Labute approximate surface area is 117 Å². The van der Waals surface area contributed by atoms with E-state index in [9.17, 15) is 9.90 Å². The fourth-order valence-electron chi connectivity index (χ4n) is 2.68. The van der Waals surface area contributed by atoms with Crippen LogP contribution >= 0.6 is 0 Å². The predicted octanol–water partition coefficient (Wildman–Crippen LogP) is 3.97. The Hall–Kier alpha value is -0.570. The van der Waals surface area contributed by atoms with Crippen molar-refractivity contribution in [3.63, 3.8) is 0 Å². The zero-order valence-electron chi connectivity index (χ0n) is 12.4. The molecular weight excluding hydrogens is 240 g/mol. The molecule has 1 fully saturated rings. The van der Waals surface area contributed by atoms with Crippen molar-refractivity contribution in [1.82, 2.24) is 0 Å². The summed E-state index contributed by atoms with van der Waals surface area (Å²) in [6, 6.07) is 0. The Morgan fingerprint density at radius 3 is 2.42 bits per heavy atom. The topological polar surface area (TPSA) is 46.5 Å². The molecule has 112 valence electrons. The molecule has 0 saturated carbocycles. The van der Waals surface area contributed by atoms with Crippen LogP contribution in [-0.4, -0.2) is 23.3 Å². The van der Waals surface area contributed by atoms with Gasteiger partial charge in [0.15, 0.2) is 0 Å². The molecule has 19 heavy (non-hydrogen) atoms. The first kappa shape index (κ1) is 16.5. The predicted molar refractivity (Wildman–Crippen MR) is 77.0 cm³/mol. The second-order valence-corrected chi connectivity index (χ2v) is 5.81. The number of carbonyl (C=O) groups is 1. The number of esters is 1. The maximum absolute atomic E-state index is 11.8. The van der Waals surface area contributed by atoms with E-state index in [2.05, 4.69) is 6.92 Å². The summed E-state index contributed by atoms with van der Waals surface area (Å²) in [5.41, 5.74) is 0. The molecule has 1 aliphatic heterocycles. The van der Waals surface area contributed by atoms with Crippen LogP contribution in [0.1, 0.15) is 84.0 Å². The zero-order valence-corrected chi connectivity index (χ0v) is 12.4. The van der Waals surface area contributed by atoms with E-state index in [0.717, 1.165) is 44.9 Å². The summed E-state index contributed by atoms with van der Waals surface area (Å²) in [6.07, 6.45) is 11.8. The summed E-state index contributed by atoms with van der Waals surface area (Å²) in [5.74, 6) is -0.215. The maximum atomic E-state index is 11.8. The van der Waals surface area contributed by atoms with Gasteiger partial charge in [-0.2, -0.15) is 0 Å².